The van der Waals surface area contributed by atoms with Crippen molar-refractivity contribution in [3.8, 4) is 0 Å². The molecule has 2 nitrogen and oxygen atoms in total. The molecule has 4 N–H and O–H groups in total. The number of rotatable bonds is 1. The highest BCUT2D eigenvalue weighted by Gasteiger charge is 2.14. The summed E-state index contributed by atoms with van der Waals surface area (Å²) in [6.45, 7) is 0.601. The minimum absolute atomic E-state index is 0.601. The Morgan fingerprint density at radius 2 is 2.00 bits per heavy atom. The van der Waals surface area contributed by atoms with Crippen LogP contribution in [0.15, 0.2) is 35.9 Å². The van der Waals surface area contributed by atoms with E-state index < -0.39 is 0 Å². The summed E-state index contributed by atoms with van der Waals surface area (Å²) in [5, 5.41) is 2.55. The monoisotopic (exact) mass is 210 g/mol. The topological polar surface area (TPSA) is 52.0 Å². The number of hydrogen-bond acceptors (Lipinski definition) is 2. The molecular weight excluding hydrogens is 196 g/mol. The van der Waals surface area contributed by atoms with Gasteiger partial charge in [-0.1, -0.05) is 35.9 Å². The maximum Gasteiger partial charge on any atom is 0.0394 e. The lowest BCUT2D eigenvalue weighted by molar-refractivity contribution is 1.05. The first-order chi connectivity index (χ1) is 7.79. The molecule has 3 rings (SSSR count). The summed E-state index contributed by atoms with van der Waals surface area (Å²) in [5.74, 6) is 0. The van der Waals surface area contributed by atoms with Crippen LogP contribution in [0.4, 0.5) is 5.69 Å². The van der Waals surface area contributed by atoms with Crippen LogP contribution in [0.1, 0.15) is 11.1 Å². The van der Waals surface area contributed by atoms with Gasteiger partial charge in [0.2, 0.25) is 0 Å². The summed E-state index contributed by atoms with van der Waals surface area (Å²) >= 11 is 0. The average Bonchev–Trinajstić information content (AvgIpc) is 2.33. The number of hydrogen-bond donors (Lipinski definition) is 2. The Morgan fingerprint density at radius 1 is 1.12 bits per heavy atom. The zero-order chi connectivity index (χ0) is 11.1. The second-order valence-electron chi connectivity index (χ2n) is 4.27. The van der Waals surface area contributed by atoms with Gasteiger partial charge in [-0.15, -0.1) is 0 Å². The van der Waals surface area contributed by atoms with Crippen molar-refractivity contribution >= 4 is 22.5 Å². The van der Waals surface area contributed by atoms with Gasteiger partial charge in [0.15, 0.2) is 0 Å². The third-order valence-corrected chi connectivity index (χ3v) is 3.23. The highest BCUT2D eigenvalue weighted by molar-refractivity contribution is 5.99. The fraction of sp³-hybridized carbons (Fsp3) is 0.143. The quantitative estimate of drug-likeness (QED) is 0.710. The summed E-state index contributed by atoms with van der Waals surface area (Å²) < 4.78 is 0. The molecule has 0 amide bonds. The largest absolute Gasteiger partial charge is 0.398 e. The summed E-state index contributed by atoms with van der Waals surface area (Å²) in [6, 6.07) is 10.4. The van der Waals surface area contributed by atoms with E-state index in [1.165, 1.54) is 21.9 Å². The molecule has 0 bridgehead atoms. The molecule has 2 aromatic rings. The molecule has 0 aromatic heterocycles. The predicted octanol–water partition coefficient (Wildman–Crippen LogP) is 2.32. The van der Waals surface area contributed by atoms with E-state index in [9.17, 15) is 0 Å². The van der Waals surface area contributed by atoms with E-state index in [2.05, 4.69) is 30.3 Å². The molecule has 0 radical (unpaired) electrons. The molecule has 80 valence electrons. The molecule has 0 atom stereocenters. The molecule has 0 saturated carbocycles. The Morgan fingerprint density at radius 3 is 2.81 bits per heavy atom. The molecule has 0 aliphatic heterocycles. The fourth-order valence-corrected chi connectivity index (χ4v) is 2.43. The molecule has 0 unspecified atom stereocenters. The van der Waals surface area contributed by atoms with E-state index in [-0.39, 0.29) is 0 Å². The summed E-state index contributed by atoms with van der Waals surface area (Å²) in [6.07, 6.45) is 3.09. The molecular formula is C14H14N2. The van der Waals surface area contributed by atoms with Crippen molar-refractivity contribution in [3.05, 3.63) is 47.0 Å². The van der Waals surface area contributed by atoms with Crippen molar-refractivity contribution in [1.29, 1.82) is 0 Å². The van der Waals surface area contributed by atoms with Gasteiger partial charge in [-0.25, -0.2) is 0 Å². The molecule has 16 heavy (non-hydrogen) atoms. The van der Waals surface area contributed by atoms with Crippen LogP contribution in [0.2, 0.25) is 0 Å². The number of nitrogens with two attached hydrogens (primary N) is 2. The lowest BCUT2D eigenvalue weighted by Gasteiger charge is -2.18. The molecule has 1 aliphatic carbocycles. The summed E-state index contributed by atoms with van der Waals surface area (Å²) in [5.41, 5.74) is 16.3. The molecule has 0 fully saturated rings. The van der Waals surface area contributed by atoms with Crippen molar-refractivity contribution in [2.45, 2.75) is 6.42 Å². The van der Waals surface area contributed by atoms with Crippen LogP contribution in [0, 0.1) is 0 Å². The number of benzene rings is 2. The molecule has 1 aliphatic rings. The Hall–Kier alpha value is -1.80. The fourth-order valence-electron chi connectivity index (χ4n) is 2.43. The lowest BCUT2D eigenvalue weighted by Crippen LogP contribution is -2.09. The van der Waals surface area contributed by atoms with Crippen molar-refractivity contribution < 1.29 is 0 Å². The highest BCUT2D eigenvalue weighted by Crippen LogP contribution is 2.34. The first kappa shape index (κ1) is 9.43. The van der Waals surface area contributed by atoms with E-state index in [1.54, 1.807) is 0 Å². The minimum atomic E-state index is 0.601. The van der Waals surface area contributed by atoms with Gasteiger partial charge in [-0.2, -0.15) is 0 Å². The summed E-state index contributed by atoms with van der Waals surface area (Å²) in [4.78, 5) is 0. The zero-order valence-corrected chi connectivity index (χ0v) is 9.03. The van der Waals surface area contributed by atoms with Crippen LogP contribution >= 0.6 is 0 Å². The van der Waals surface area contributed by atoms with Crippen LogP contribution in [0.25, 0.3) is 16.8 Å². The number of nitrogen functional groups attached to an aromatic ring is 1. The molecule has 0 heterocycles. The Labute approximate surface area is 94.6 Å². The van der Waals surface area contributed by atoms with E-state index in [1.807, 2.05) is 6.07 Å². The van der Waals surface area contributed by atoms with Crippen LogP contribution in [0.5, 0.6) is 0 Å². The van der Waals surface area contributed by atoms with Gasteiger partial charge in [-0.3, -0.25) is 0 Å². The van der Waals surface area contributed by atoms with Gasteiger partial charge < -0.3 is 11.5 Å². The third-order valence-electron chi connectivity index (χ3n) is 3.23. The molecule has 0 spiro atoms. The number of anilines is 1. The average molecular weight is 210 g/mol. The van der Waals surface area contributed by atoms with E-state index >= 15 is 0 Å². The Bertz CT molecular complexity index is 597. The van der Waals surface area contributed by atoms with Crippen molar-refractivity contribution in [2.75, 3.05) is 12.3 Å². The standard InChI is InChI=1S/C14H14N2/c15-8-9-6-11-3-1-2-10-4-5-13(16)12(7-9)14(10)11/h1-5,7H,6,8,15-16H2. The zero-order valence-electron chi connectivity index (χ0n) is 9.03. The second-order valence-corrected chi connectivity index (χ2v) is 4.27. The lowest BCUT2D eigenvalue weighted by atomic mass is 9.88. The van der Waals surface area contributed by atoms with Crippen LogP contribution in [0.3, 0.4) is 0 Å². The van der Waals surface area contributed by atoms with Gasteiger partial charge in [0.05, 0.1) is 0 Å². The second kappa shape index (κ2) is 3.35. The van der Waals surface area contributed by atoms with Crippen molar-refractivity contribution in [3.63, 3.8) is 0 Å². The summed E-state index contributed by atoms with van der Waals surface area (Å²) in [7, 11) is 0. The van der Waals surface area contributed by atoms with Gasteiger partial charge in [0.1, 0.15) is 0 Å². The molecule has 2 heteroatoms. The highest BCUT2D eigenvalue weighted by atomic mass is 14.6. The van der Waals surface area contributed by atoms with Gasteiger partial charge in [0, 0.05) is 17.8 Å². The first-order valence-corrected chi connectivity index (χ1v) is 5.49. The first-order valence-electron chi connectivity index (χ1n) is 5.49. The van der Waals surface area contributed by atoms with Gasteiger partial charge in [0.25, 0.3) is 0 Å². The van der Waals surface area contributed by atoms with Crippen LogP contribution in [-0.4, -0.2) is 6.54 Å². The Balaban J connectivity index is 2.42. The van der Waals surface area contributed by atoms with Gasteiger partial charge in [-0.05, 0) is 28.8 Å². The third kappa shape index (κ3) is 1.24. The maximum atomic E-state index is 6.03. The van der Waals surface area contributed by atoms with Crippen LogP contribution < -0.4 is 11.5 Å². The van der Waals surface area contributed by atoms with Gasteiger partial charge >= 0.3 is 0 Å². The molecule has 2 aromatic carbocycles. The predicted molar refractivity (Wildman–Crippen MR) is 69.1 cm³/mol. The van der Waals surface area contributed by atoms with Crippen LogP contribution in [-0.2, 0) is 6.42 Å². The minimum Gasteiger partial charge on any atom is -0.398 e. The SMILES string of the molecule is NCC1=Cc2c(N)ccc3cccc(c23)C1. The Kier molecular flexibility index (Phi) is 1.98. The maximum absolute atomic E-state index is 6.03. The van der Waals surface area contributed by atoms with E-state index in [4.69, 9.17) is 11.5 Å². The smallest absolute Gasteiger partial charge is 0.0394 e. The molecule has 0 saturated heterocycles. The van der Waals surface area contributed by atoms with Crippen molar-refractivity contribution in [1.82, 2.24) is 0 Å². The van der Waals surface area contributed by atoms with E-state index in [0.29, 0.717) is 6.54 Å². The van der Waals surface area contributed by atoms with E-state index in [0.717, 1.165) is 17.7 Å². The van der Waals surface area contributed by atoms with Crippen molar-refractivity contribution in [2.24, 2.45) is 5.73 Å². The normalized spacial score (nSPS) is 13.9.